The van der Waals surface area contributed by atoms with Crippen LogP contribution in [0.3, 0.4) is 0 Å². The fraction of sp³-hybridized carbons (Fsp3) is 0.238. The van der Waals surface area contributed by atoms with Gasteiger partial charge in [0.1, 0.15) is 18.1 Å². The van der Waals surface area contributed by atoms with Gasteiger partial charge in [-0.15, -0.1) is 0 Å². The zero-order valence-corrected chi connectivity index (χ0v) is 16.1. The van der Waals surface area contributed by atoms with Crippen molar-refractivity contribution in [3.63, 3.8) is 0 Å². The van der Waals surface area contributed by atoms with Gasteiger partial charge in [0.25, 0.3) is 5.91 Å². The van der Waals surface area contributed by atoms with Crippen LogP contribution in [0, 0.1) is 20.8 Å². The Balaban J connectivity index is 1.77. The van der Waals surface area contributed by atoms with Gasteiger partial charge < -0.3 is 14.6 Å². The van der Waals surface area contributed by atoms with E-state index >= 15 is 0 Å². The summed E-state index contributed by atoms with van der Waals surface area (Å²) in [5.41, 5.74) is 1.57. The van der Waals surface area contributed by atoms with Gasteiger partial charge in [-0.1, -0.05) is 28.9 Å². The van der Waals surface area contributed by atoms with Crippen LogP contribution in [-0.4, -0.2) is 11.1 Å². The standard InChI is InChI=1S/C21H19F3N2O3/c1-12-7-8-18(13(2)9-12)28-11-17-14(3)29-26-19(17)20(27)25-16-6-4-5-15(10-16)21(22,23)24/h4-10H,11H2,1-3H3,(H,25,27). The number of amides is 1. The van der Waals surface area contributed by atoms with Crippen LogP contribution in [0.1, 0.15) is 38.5 Å². The summed E-state index contributed by atoms with van der Waals surface area (Å²) >= 11 is 0. The molecule has 0 atom stereocenters. The van der Waals surface area contributed by atoms with E-state index in [1.165, 1.54) is 12.1 Å². The van der Waals surface area contributed by atoms with Gasteiger partial charge in [0.05, 0.1) is 11.1 Å². The molecule has 0 unspecified atom stereocenters. The summed E-state index contributed by atoms with van der Waals surface area (Å²) in [6.45, 7) is 5.54. The van der Waals surface area contributed by atoms with Crippen molar-refractivity contribution in [2.75, 3.05) is 5.32 Å². The van der Waals surface area contributed by atoms with Crippen molar-refractivity contribution in [1.29, 1.82) is 0 Å². The van der Waals surface area contributed by atoms with Crippen molar-refractivity contribution in [2.45, 2.75) is 33.6 Å². The fourth-order valence-corrected chi connectivity index (χ4v) is 2.81. The first-order valence-electron chi connectivity index (χ1n) is 8.79. The molecule has 1 N–H and O–H groups in total. The maximum atomic E-state index is 12.9. The van der Waals surface area contributed by atoms with Crippen LogP contribution in [0.2, 0.25) is 0 Å². The highest BCUT2D eigenvalue weighted by molar-refractivity contribution is 6.03. The molecule has 2 aromatic carbocycles. The van der Waals surface area contributed by atoms with Crippen LogP contribution in [0.4, 0.5) is 18.9 Å². The third kappa shape index (κ3) is 4.77. The summed E-state index contributed by atoms with van der Waals surface area (Å²) in [7, 11) is 0. The van der Waals surface area contributed by atoms with Crippen molar-refractivity contribution in [2.24, 2.45) is 0 Å². The number of benzene rings is 2. The van der Waals surface area contributed by atoms with E-state index in [0.29, 0.717) is 17.1 Å². The van der Waals surface area contributed by atoms with Crippen molar-refractivity contribution >= 4 is 11.6 Å². The SMILES string of the molecule is Cc1ccc(OCc2c(C(=O)Nc3cccc(C(F)(F)F)c3)noc2C)c(C)c1. The Kier molecular flexibility index (Phi) is 5.63. The second-order valence-electron chi connectivity index (χ2n) is 6.66. The quantitative estimate of drug-likeness (QED) is 0.614. The van der Waals surface area contributed by atoms with Gasteiger partial charge in [-0.05, 0) is 50.6 Å². The molecule has 29 heavy (non-hydrogen) atoms. The topological polar surface area (TPSA) is 64.4 Å². The molecule has 3 aromatic rings. The molecule has 0 fully saturated rings. The lowest BCUT2D eigenvalue weighted by Crippen LogP contribution is -2.16. The number of carbonyl (C=O) groups is 1. The summed E-state index contributed by atoms with van der Waals surface area (Å²) in [5, 5.41) is 6.17. The highest BCUT2D eigenvalue weighted by Crippen LogP contribution is 2.31. The summed E-state index contributed by atoms with van der Waals surface area (Å²) < 4.78 is 49.5. The van der Waals surface area contributed by atoms with Gasteiger partial charge in [0, 0.05) is 5.69 Å². The molecule has 0 saturated carbocycles. The molecule has 1 aromatic heterocycles. The minimum atomic E-state index is -4.50. The summed E-state index contributed by atoms with van der Waals surface area (Å²) in [6.07, 6.45) is -4.50. The van der Waals surface area contributed by atoms with E-state index in [9.17, 15) is 18.0 Å². The summed E-state index contributed by atoms with van der Waals surface area (Å²) in [4.78, 5) is 12.6. The summed E-state index contributed by atoms with van der Waals surface area (Å²) in [6, 6.07) is 10.1. The molecule has 0 bridgehead atoms. The number of rotatable bonds is 5. The van der Waals surface area contributed by atoms with E-state index in [0.717, 1.165) is 23.3 Å². The first-order valence-corrected chi connectivity index (χ1v) is 8.79. The van der Waals surface area contributed by atoms with Crippen molar-refractivity contribution in [3.05, 3.63) is 76.2 Å². The molecule has 5 nitrogen and oxygen atoms in total. The number of hydrogen-bond donors (Lipinski definition) is 1. The van der Waals surface area contributed by atoms with Gasteiger partial charge in [0.15, 0.2) is 5.69 Å². The monoisotopic (exact) mass is 404 g/mol. The molecule has 0 aliphatic heterocycles. The highest BCUT2D eigenvalue weighted by Gasteiger charge is 2.30. The fourth-order valence-electron chi connectivity index (χ4n) is 2.81. The Bertz CT molecular complexity index is 1040. The zero-order chi connectivity index (χ0) is 21.2. The number of nitrogens with zero attached hydrogens (tertiary/aromatic N) is 1. The lowest BCUT2D eigenvalue weighted by molar-refractivity contribution is -0.137. The third-order valence-corrected chi connectivity index (χ3v) is 4.35. The van der Waals surface area contributed by atoms with Gasteiger partial charge in [-0.25, -0.2) is 0 Å². The normalized spacial score (nSPS) is 11.4. The first kappa shape index (κ1) is 20.4. The molecular weight excluding hydrogens is 385 g/mol. The van der Waals surface area contributed by atoms with E-state index < -0.39 is 17.6 Å². The van der Waals surface area contributed by atoms with E-state index in [4.69, 9.17) is 9.26 Å². The number of aromatic nitrogens is 1. The molecule has 1 heterocycles. The molecular formula is C21H19F3N2O3. The number of carbonyl (C=O) groups excluding carboxylic acids is 1. The average Bonchev–Trinajstić information content (AvgIpc) is 3.01. The van der Waals surface area contributed by atoms with E-state index in [2.05, 4.69) is 10.5 Å². The Morgan fingerprint density at radius 3 is 2.59 bits per heavy atom. The van der Waals surface area contributed by atoms with Gasteiger partial charge in [-0.3, -0.25) is 4.79 Å². The molecule has 152 valence electrons. The Hall–Kier alpha value is -3.29. The molecule has 0 saturated heterocycles. The number of halogens is 3. The molecule has 0 spiro atoms. The number of alkyl halides is 3. The van der Waals surface area contributed by atoms with E-state index in [1.54, 1.807) is 6.92 Å². The lowest BCUT2D eigenvalue weighted by Gasteiger charge is -2.11. The van der Waals surface area contributed by atoms with Crippen LogP contribution in [0.25, 0.3) is 0 Å². The van der Waals surface area contributed by atoms with Crippen molar-refractivity contribution in [1.82, 2.24) is 5.16 Å². The lowest BCUT2D eigenvalue weighted by atomic mass is 10.1. The first-order chi connectivity index (χ1) is 13.6. The van der Waals surface area contributed by atoms with Gasteiger partial charge >= 0.3 is 6.18 Å². The van der Waals surface area contributed by atoms with Crippen LogP contribution in [0.15, 0.2) is 47.0 Å². The predicted octanol–water partition coefficient (Wildman–Crippen LogP) is 5.45. The molecule has 8 heteroatoms. The van der Waals surface area contributed by atoms with Crippen LogP contribution < -0.4 is 10.1 Å². The Morgan fingerprint density at radius 2 is 1.90 bits per heavy atom. The largest absolute Gasteiger partial charge is 0.488 e. The summed E-state index contributed by atoms with van der Waals surface area (Å²) in [5.74, 6) is 0.366. The maximum absolute atomic E-state index is 12.9. The van der Waals surface area contributed by atoms with E-state index in [1.807, 2.05) is 32.0 Å². The minimum absolute atomic E-state index is 0.00623. The van der Waals surface area contributed by atoms with E-state index in [-0.39, 0.29) is 18.0 Å². The van der Waals surface area contributed by atoms with Gasteiger partial charge in [0.2, 0.25) is 0 Å². The number of hydrogen-bond acceptors (Lipinski definition) is 4. The zero-order valence-electron chi connectivity index (χ0n) is 16.1. The number of nitrogens with one attached hydrogen (secondary N) is 1. The smallest absolute Gasteiger partial charge is 0.416 e. The average molecular weight is 404 g/mol. The molecule has 3 rings (SSSR count). The molecule has 0 aliphatic carbocycles. The third-order valence-electron chi connectivity index (χ3n) is 4.35. The van der Waals surface area contributed by atoms with Gasteiger partial charge in [-0.2, -0.15) is 13.2 Å². The number of ether oxygens (including phenoxy) is 1. The highest BCUT2D eigenvalue weighted by atomic mass is 19.4. The number of aryl methyl sites for hydroxylation is 3. The second-order valence-corrected chi connectivity index (χ2v) is 6.66. The van der Waals surface area contributed by atoms with Crippen molar-refractivity contribution < 1.29 is 27.2 Å². The van der Waals surface area contributed by atoms with Crippen LogP contribution in [-0.2, 0) is 12.8 Å². The predicted molar refractivity (Wildman–Crippen MR) is 101 cm³/mol. The minimum Gasteiger partial charge on any atom is -0.488 e. The molecule has 0 aliphatic rings. The second kappa shape index (κ2) is 7.98. The Morgan fingerprint density at radius 1 is 1.14 bits per heavy atom. The Labute approximate surface area is 165 Å². The molecule has 1 amide bonds. The number of anilines is 1. The van der Waals surface area contributed by atoms with Crippen molar-refractivity contribution in [3.8, 4) is 5.75 Å². The maximum Gasteiger partial charge on any atom is 0.416 e. The van der Waals surface area contributed by atoms with Crippen LogP contribution >= 0.6 is 0 Å². The molecule has 0 radical (unpaired) electrons. The van der Waals surface area contributed by atoms with Crippen LogP contribution in [0.5, 0.6) is 5.75 Å².